The summed E-state index contributed by atoms with van der Waals surface area (Å²) >= 11 is 1.60. The number of thioether (sulfide) groups is 1. The number of anilines is 1. The van der Waals surface area contributed by atoms with E-state index in [-0.39, 0.29) is 17.3 Å². The number of nitrogens with zero attached hydrogens (tertiary/aromatic N) is 3. The molecule has 2 heterocycles. The number of Topliss-reactive ketones (excluding diaryl/α,β-unsaturated/α-hetero) is 1. The molecule has 1 saturated heterocycles. The molecule has 128 valence electrons. The van der Waals surface area contributed by atoms with Crippen LogP contribution in [0.3, 0.4) is 0 Å². The van der Waals surface area contributed by atoms with E-state index in [9.17, 15) is 4.79 Å². The first-order valence-corrected chi connectivity index (χ1v) is 8.68. The van der Waals surface area contributed by atoms with Crippen molar-refractivity contribution in [2.75, 3.05) is 32.1 Å². The van der Waals surface area contributed by atoms with Crippen LogP contribution >= 0.6 is 11.8 Å². The Morgan fingerprint density at radius 2 is 2.42 bits per heavy atom. The second-order valence-corrected chi connectivity index (χ2v) is 6.57. The molecule has 0 bridgehead atoms. The van der Waals surface area contributed by atoms with Crippen molar-refractivity contribution in [1.82, 2.24) is 10.4 Å². The maximum absolute atomic E-state index is 11.5. The van der Waals surface area contributed by atoms with Crippen molar-refractivity contribution in [2.45, 2.75) is 18.5 Å². The standard InChI is InChI=1S/C16H21N5O2S/c1-11(22)12-4-3-5-13(8-12)18-9-14-10-19-16-21(14)20-15(24-16)17-6-7-23-2/h3-5,8,10,14,16,18H,6-7,9H2,1-2H3,(H,17,20). The molecular formula is C16H21N5O2S. The van der Waals surface area contributed by atoms with Gasteiger partial charge in [-0.2, -0.15) is 5.01 Å². The summed E-state index contributed by atoms with van der Waals surface area (Å²) < 4.78 is 5.01. The van der Waals surface area contributed by atoms with Crippen LogP contribution in [0.25, 0.3) is 0 Å². The van der Waals surface area contributed by atoms with Gasteiger partial charge in [0.05, 0.1) is 19.2 Å². The Morgan fingerprint density at radius 1 is 1.54 bits per heavy atom. The molecule has 1 aromatic carbocycles. The lowest BCUT2D eigenvalue weighted by molar-refractivity contribution is 0.101. The Bertz CT molecular complexity index is 664. The Labute approximate surface area is 145 Å². The van der Waals surface area contributed by atoms with Gasteiger partial charge in [0.1, 0.15) is 0 Å². The normalized spacial score (nSPS) is 24.2. The Morgan fingerprint density at radius 3 is 3.21 bits per heavy atom. The van der Waals surface area contributed by atoms with Crippen LogP contribution in [-0.2, 0) is 4.74 Å². The molecule has 2 aliphatic rings. The van der Waals surface area contributed by atoms with Gasteiger partial charge >= 0.3 is 0 Å². The molecule has 8 heteroatoms. The number of fused-ring (bicyclic) bond motifs is 1. The number of hydrogen-bond donors (Lipinski definition) is 2. The van der Waals surface area contributed by atoms with Crippen LogP contribution < -0.4 is 10.7 Å². The summed E-state index contributed by atoms with van der Waals surface area (Å²) in [5, 5.41) is 6.32. The SMILES string of the molecule is COCCN=C1NN2C(CNc3cccc(C(C)=O)c3)C=NC2S1. The maximum Gasteiger partial charge on any atom is 0.174 e. The van der Waals surface area contributed by atoms with Crippen molar-refractivity contribution in [3.63, 3.8) is 0 Å². The molecule has 1 fully saturated rings. The number of benzene rings is 1. The van der Waals surface area contributed by atoms with Crippen LogP contribution in [0.2, 0.25) is 0 Å². The van der Waals surface area contributed by atoms with Gasteiger partial charge in [0.15, 0.2) is 16.4 Å². The number of hydrazine groups is 1. The minimum Gasteiger partial charge on any atom is -0.383 e. The number of rotatable bonds is 7. The van der Waals surface area contributed by atoms with Gasteiger partial charge < -0.3 is 10.1 Å². The van der Waals surface area contributed by atoms with E-state index in [0.717, 1.165) is 10.9 Å². The molecule has 0 radical (unpaired) electrons. The molecule has 0 aromatic heterocycles. The number of methoxy groups -OCH3 is 1. The van der Waals surface area contributed by atoms with Crippen LogP contribution in [-0.4, -0.2) is 60.5 Å². The van der Waals surface area contributed by atoms with Gasteiger partial charge in [0.25, 0.3) is 0 Å². The predicted molar refractivity (Wildman–Crippen MR) is 97.7 cm³/mol. The first kappa shape index (κ1) is 16.9. The fourth-order valence-electron chi connectivity index (χ4n) is 2.48. The van der Waals surface area contributed by atoms with Gasteiger partial charge in [-0.25, -0.2) is 0 Å². The predicted octanol–water partition coefficient (Wildman–Crippen LogP) is 1.59. The Balaban J connectivity index is 1.55. The second-order valence-electron chi connectivity index (χ2n) is 5.53. The summed E-state index contributed by atoms with van der Waals surface area (Å²) in [5.74, 6) is 0.0654. The molecule has 0 aliphatic carbocycles. The third kappa shape index (κ3) is 3.95. The number of ketones is 1. The number of carbonyl (C=O) groups is 1. The molecule has 3 rings (SSSR count). The fraction of sp³-hybridized carbons (Fsp3) is 0.438. The van der Waals surface area contributed by atoms with Crippen molar-refractivity contribution < 1.29 is 9.53 Å². The largest absolute Gasteiger partial charge is 0.383 e. The number of aliphatic imine (C=N–C) groups is 2. The highest BCUT2D eigenvalue weighted by molar-refractivity contribution is 8.14. The van der Waals surface area contributed by atoms with Crippen LogP contribution in [0.4, 0.5) is 5.69 Å². The number of amidine groups is 1. The van der Waals surface area contributed by atoms with E-state index in [2.05, 4.69) is 25.7 Å². The van der Waals surface area contributed by atoms with E-state index in [4.69, 9.17) is 4.74 Å². The lowest BCUT2D eigenvalue weighted by Gasteiger charge is -2.21. The van der Waals surface area contributed by atoms with Gasteiger partial charge in [0.2, 0.25) is 0 Å². The van der Waals surface area contributed by atoms with Gasteiger partial charge in [-0.3, -0.25) is 20.2 Å². The van der Waals surface area contributed by atoms with E-state index in [1.807, 2.05) is 30.5 Å². The number of ether oxygens (including phenoxy) is 1. The van der Waals surface area contributed by atoms with Crippen LogP contribution in [0.1, 0.15) is 17.3 Å². The van der Waals surface area contributed by atoms with Crippen LogP contribution in [0.5, 0.6) is 0 Å². The van der Waals surface area contributed by atoms with Crippen LogP contribution in [0, 0.1) is 0 Å². The molecular weight excluding hydrogens is 326 g/mol. The maximum atomic E-state index is 11.5. The molecule has 2 atom stereocenters. The average Bonchev–Trinajstić information content (AvgIpc) is 3.14. The summed E-state index contributed by atoms with van der Waals surface area (Å²) in [5.41, 5.74) is 4.97. The Hall–Kier alpha value is -1.90. The highest BCUT2D eigenvalue weighted by atomic mass is 32.2. The summed E-state index contributed by atoms with van der Waals surface area (Å²) in [6.07, 6.45) is 1.94. The number of carbonyl (C=O) groups excluding carboxylic acids is 1. The lowest BCUT2D eigenvalue weighted by Crippen LogP contribution is -2.45. The van der Waals surface area contributed by atoms with Gasteiger partial charge in [-0.1, -0.05) is 12.1 Å². The summed E-state index contributed by atoms with van der Waals surface area (Å²) in [6, 6.07) is 7.66. The Kier molecular flexibility index (Phi) is 5.49. The lowest BCUT2D eigenvalue weighted by atomic mass is 10.1. The van der Waals surface area contributed by atoms with Crippen molar-refractivity contribution in [1.29, 1.82) is 0 Å². The molecule has 2 N–H and O–H groups in total. The van der Waals surface area contributed by atoms with E-state index < -0.39 is 0 Å². The number of hydrogen-bond acceptors (Lipinski definition) is 7. The minimum absolute atomic E-state index is 0.0293. The van der Waals surface area contributed by atoms with E-state index in [0.29, 0.717) is 25.3 Å². The van der Waals surface area contributed by atoms with Crippen molar-refractivity contribution in [3.8, 4) is 0 Å². The van der Waals surface area contributed by atoms with Crippen LogP contribution in [0.15, 0.2) is 34.3 Å². The van der Waals surface area contributed by atoms with Gasteiger partial charge in [0, 0.05) is 31.1 Å². The number of nitrogens with one attached hydrogen (secondary N) is 2. The quantitative estimate of drug-likeness (QED) is 0.576. The average molecular weight is 347 g/mol. The van der Waals surface area contributed by atoms with Crippen molar-refractivity contribution >= 4 is 34.6 Å². The second kappa shape index (κ2) is 7.78. The zero-order valence-corrected chi connectivity index (χ0v) is 14.5. The van der Waals surface area contributed by atoms with E-state index >= 15 is 0 Å². The topological polar surface area (TPSA) is 78.3 Å². The molecule has 7 nitrogen and oxygen atoms in total. The zero-order valence-electron chi connectivity index (χ0n) is 13.7. The molecule has 0 amide bonds. The summed E-state index contributed by atoms with van der Waals surface area (Å²) in [4.78, 5) is 20.4. The first-order chi connectivity index (χ1) is 11.7. The smallest absolute Gasteiger partial charge is 0.174 e. The van der Waals surface area contributed by atoms with E-state index in [1.165, 1.54) is 0 Å². The minimum atomic E-state index is 0.0293. The van der Waals surface area contributed by atoms with E-state index in [1.54, 1.807) is 25.8 Å². The summed E-state index contributed by atoms with van der Waals surface area (Å²) in [6.45, 7) is 3.51. The monoisotopic (exact) mass is 347 g/mol. The molecule has 2 unspecified atom stereocenters. The first-order valence-electron chi connectivity index (χ1n) is 7.80. The highest BCUT2D eigenvalue weighted by Crippen LogP contribution is 2.29. The molecule has 1 aromatic rings. The molecule has 24 heavy (non-hydrogen) atoms. The fourth-order valence-corrected chi connectivity index (χ4v) is 3.45. The molecule has 0 saturated carbocycles. The molecule has 0 spiro atoms. The zero-order chi connectivity index (χ0) is 16.9. The van der Waals surface area contributed by atoms with Gasteiger partial charge in [-0.15, -0.1) is 0 Å². The van der Waals surface area contributed by atoms with Crippen molar-refractivity contribution in [3.05, 3.63) is 29.8 Å². The summed E-state index contributed by atoms with van der Waals surface area (Å²) in [7, 11) is 1.67. The third-order valence-corrected chi connectivity index (χ3v) is 4.76. The van der Waals surface area contributed by atoms with Gasteiger partial charge in [-0.05, 0) is 30.8 Å². The third-order valence-electron chi connectivity index (χ3n) is 3.76. The molecule has 2 aliphatic heterocycles. The van der Waals surface area contributed by atoms with Crippen molar-refractivity contribution in [2.24, 2.45) is 9.98 Å². The highest BCUT2D eigenvalue weighted by Gasteiger charge is 2.37.